The summed E-state index contributed by atoms with van der Waals surface area (Å²) in [5, 5.41) is 0. The molecule has 1 aliphatic rings. The summed E-state index contributed by atoms with van der Waals surface area (Å²) in [6.45, 7) is 17.8. The van der Waals surface area contributed by atoms with Crippen LogP contribution in [0.3, 0.4) is 0 Å². The summed E-state index contributed by atoms with van der Waals surface area (Å²) in [5.41, 5.74) is 0. The van der Waals surface area contributed by atoms with E-state index >= 15 is 0 Å². The van der Waals surface area contributed by atoms with Crippen LogP contribution in [0, 0.1) is 5.92 Å². The lowest BCUT2D eigenvalue weighted by atomic mass is 9.95. The van der Waals surface area contributed by atoms with Crippen molar-refractivity contribution in [1.29, 1.82) is 0 Å². The van der Waals surface area contributed by atoms with Crippen LogP contribution in [0.2, 0.25) is 0 Å². The number of esters is 2. The van der Waals surface area contributed by atoms with Crippen molar-refractivity contribution in [2.24, 2.45) is 5.92 Å². The molecule has 0 spiro atoms. The predicted molar refractivity (Wildman–Crippen MR) is 292 cm³/mol. The van der Waals surface area contributed by atoms with E-state index in [0.29, 0.717) is 77.3 Å². The van der Waals surface area contributed by atoms with Gasteiger partial charge in [-0.15, -0.1) is 0 Å². The van der Waals surface area contributed by atoms with E-state index in [2.05, 4.69) is 50.9 Å². The van der Waals surface area contributed by atoms with Crippen LogP contribution >= 0.6 is 0 Å². The number of unbranched alkanes of at least 4 members (excludes halogenated alkanes) is 21. The van der Waals surface area contributed by atoms with Crippen LogP contribution in [0.5, 0.6) is 0 Å². The minimum Gasteiger partial charge on any atom is -0.466 e. The summed E-state index contributed by atoms with van der Waals surface area (Å²) in [6, 6.07) is 0.327. The fraction of sp³-hybridized carbons (Fsp3) is 0.966. The summed E-state index contributed by atoms with van der Waals surface area (Å²) in [7, 11) is 1.26. The van der Waals surface area contributed by atoms with E-state index in [9.17, 15) is 13.8 Å². The van der Waals surface area contributed by atoms with Gasteiger partial charge in [-0.3, -0.25) is 9.59 Å². The van der Waals surface area contributed by atoms with E-state index in [4.69, 9.17) is 28.4 Å². The number of hydrogen-bond donors (Lipinski definition) is 0. The van der Waals surface area contributed by atoms with Crippen LogP contribution < -0.4 is 0 Å². The lowest BCUT2D eigenvalue weighted by Crippen LogP contribution is -2.43. The summed E-state index contributed by atoms with van der Waals surface area (Å²) in [5.74, 6) is 1.06. The Bertz CT molecular complexity index is 1090. The van der Waals surface area contributed by atoms with Gasteiger partial charge in [-0.1, -0.05) is 169 Å². The number of likely N-dealkylation sites (tertiary alicyclic amines) is 1. The molecule has 1 heterocycles. The van der Waals surface area contributed by atoms with E-state index in [1.165, 1.54) is 44.9 Å². The zero-order valence-corrected chi connectivity index (χ0v) is 47.6. The van der Waals surface area contributed by atoms with Crippen molar-refractivity contribution < 1.29 is 42.2 Å². The van der Waals surface area contributed by atoms with Crippen molar-refractivity contribution >= 4 is 22.9 Å². The third kappa shape index (κ3) is 40.3. The molecule has 1 atom stereocenters. The van der Waals surface area contributed by atoms with Gasteiger partial charge in [-0.2, -0.15) is 0 Å². The zero-order chi connectivity index (χ0) is 51.0. The number of piperidine rings is 1. The van der Waals surface area contributed by atoms with E-state index in [1.54, 1.807) is 0 Å². The lowest BCUT2D eigenvalue weighted by Gasteiger charge is -2.36. The highest BCUT2D eigenvalue weighted by atomic mass is 32.2. The Hall–Kier alpha value is -1.15. The molecule has 1 rings (SSSR count). The first kappa shape index (κ1) is 66.9. The molecule has 0 radical (unpaired) electrons. The van der Waals surface area contributed by atoms with Gasteiger partial charge in [0.15, 0.2) is 12.6 Å². The van der Waals surface area contributed by atoms with Crippen molar-refractivity contribution in [3.05, 3.63) is 0 Å². The summed E-state index contributed by atoms with van der Waals surface area (Å²) in [4.78, 5) is 27.7. The maximum absolute atomic E-state index is 14.3. The molecule has 0 N–H and O–H groups in total. The molecule has 1 saturated heterocycles. The first-order valence-corrected chi connectivity index (χ1v) is 31.2. The Labute approximate surface area is 435 Å². The average molecular weight is 1020 g/mol. The normalized spacial score (nSPS) is 14.2. The van der Waals surface area contributed by atoms with Crippen molar-refractivity contribution in [3.8, 4) is 0 Å². The molecule has 0 unspecified atom stereocenters. The smallest absolute Gasteiger partial charge is 0.305 e. The second kappa shape index (κ2) is 50.0. The minimum absolute atomic E-state index is 0.161. The molecule has 1 fully saturated rings. The molecule has 0 bridgehead atoms. The highest BCUT2D eigenvalue weighted by Crippen LogP contribution is 2.26. The van der Waals surface area contributed by atoms with Gasteiger partial charge in [-0.05, 0) is 96.7 Å². The quantitative estimate of drug-likeness (QED) is 0.0332. The molecule has 416 valence electrons. The van der Waals surface area contributed by atoms with Gasteiger partial charge in [0, 0.05) is 57.6 Å². The first-order valence-electron chi connectivity index (χ1n) is 29.9. The standard InChI is InChI=1S/C58H114N2O9S/c1-7-12-17-18-25-34-51-70(63)60(52-53-41-43-59(6)44-42-53)54(35-26-21-19-23-32-45-64-55(61)37-39-57(66-47-28-13-8-2)67-48-29-14-9-3)36-27-22-20-24-33-46-65-56(62)38-40-58(68-49-30-15-10-4)69-50-31-16-11-5/h53-54,57-58H,7-52H2,1-6H3/t70-/m1/s1. The fourth-order valence-electron chi connectivity index (χ4n) is 9.16. The molecule has 0 saturated carbocycles. The van der Waals surface area contributed by atoms with Gasteiger partial charge in [0.1, 0.15) is 0 Å². The summed E-state index contributed by atoms with van der Waals surface area (Å²) in [6.07, 6.45) is 36.7. The first-order chi connectivity index (χ1) is 34.3. The Morgan fingerprint density at radius 3 is 1.23 bits per heavy atom. The molecule has 1 aliphatic heterocycles. The Balaban J connectivity index is 2.67. The number of ether oxygens (including phenoxy) is 6. The number of nitrogens with zero attached hydrogens (tertiary/aromatic N) is 2. The van der Waals surface area contributed by atoms with Crippen molar-refractivity contribution in [2.75, 3.05) is 72.1 Å². The second-order valence-corrected chi connectivity index (χ2v) is 22.1. The van der Waals surface area contributed by atoms with Gasteiger partial charge in [0.25, 0.3) is 0 Å². The average Bonchev–Trinajstić information content (AvgIpc) is 3.36. The lowest BCUT2D eigenvalue weighted by molar-refractivity contribution is -0.159. The number of rotatable bonds is 53. The summed E-state index contributed by atoms with van der Waals surface area (Å²) >= 11 is 0. The second-order valence-electron chi connectivity index (χ2n) is 20.6. The minimum atomic E-state index is -0.969. The molecule has 12 heteroatoms. The Morgan fingerprint density at radius 2 is 0.814 bits per heavy atom. The third-order valence-electron chi connectivity index (χ3n) is 13.9. The van der Waals surface area contributed by atoms with Crippen LogP contribution in [0.4, 0.5) is 0 Å². The summed E-state index contributed by atoms with van der Waals surface area (Å²) < 4.78 is 52.0. The van der Waals surface area contributed by atoms with E-state index in [1.807, 2.05) is 0 Å². The Morgan fingerprint density at radius 1 is 0.471 bits per heavy atom. The van der Waals surface area contributed by atoms with Crippen LogP contribution in [-0.4, -0.2) is 116 Å². The molecule has 70 heavy (non-hydrogen) atoms. The zero-order valence-electron chi connectivity index (χ0n) is 46.8. The van der Waals surface area contributed by atoms with Crippen LogP contribution in [0.1, 0.15) is 266 Å². The molecule has 0 amide bonds. The van der Waals surface area contributed by atoms with Crippen molar-refractivity contribution in [3.63, 3.8) is 0 Å². The fourth-order valence-corrected chi connectivity index (χ4v) is 10.8. The van der Waals surface area contributed by atoms with Crippen molar-refractivity contribution in [2.45, 2.75) is 284 Å². The van der Waals surface area contributed by atoms with Crippen LogP contribution in [-0.2, 0) is 49.0 Å². The molecule has 0 aliphatic carbocycles. The maximum Gasteiger partial charge on any atom is 0.305 e. The molecule has 0 aromatic carbocycles. The molecular formula is C58H114N2O9S. The number of hydrogen-bond acceptors (Lipinski definition) is 10. The van der Waals surface area contributed by atoms with Gasteiger partial charge in [0.2, 0.25) is 0 Å². The largest absolute Gasteiger partial charge is 0.466 e. The SMILES string of the molecule is CCCCCCCC[S@@](=O)N(CC1CCN(C)CC1)C(CCCCCCCOC(=O)CCC(OCCCCC)OCCCCC)CCCCCCCOC(=O)CCC(OCCCCC)OCCCCC. The highest BCUT2D eigenvalue weighted by molar-refractivity contribution is 7.82. The topological polar surface area (TPSA) is 113 Å². The van der Waals surface area contributed by atoms with Gasteiger partial charge in [0.05, 0.1) is 37.0 Å². The number of carbonyl (C=O) groups is 2. The van der Waals surface area contributed by atoms with Gasteiger partial charge >= 0.3 is 11.9 Å². The van der Waals surface area contributed by atoms with Crippen LogP contribution in [0.15, 0.2) is 0 Å². The molecular weight excluding hydrogens is 901 g/mol. The third-order valence-corrected chi connectivity index (χ3v) is 15.5. The van der Waals surface area contributed by atoms with Crippen molar-refractivity contribution in [1.82, 2.24) is 9.21 Å². The molecule has 0 aromatic heterocycles. The monoisotopic (exact) mass is 1010 g/mol. The Kier molecular flexibility index (Phi) is 47.8. The van der Waals surface area contributed by atoms with E-state index in [0.717, 1.165) is 186 Å². The van der Waals surface area contributed by atoms with Gasteiger partial charge < -0.3 is 33.3 Å². The van der Waals surface area contributed by atoms with E-state index < -0.39 is 11.0 Å². The van der Waals surface area contributed by atoms with Crippen LogP contribution in [0.25, 0.3) is 0 Å². The van der Waals surface area contributed by atoms with E-state index in [-0.39, 0.29) is 24.5 Å². The molecule has 11 nitrogen and oxygen atoms in total. The maximum atomic E-state index is 14.3. The number of carbonyl (C=O) groups excluding carboxylic acids is 2. The highest BCUT2D eigenvalue weighted by Gasteiger charge is 2.28. The predicted octanol–water partition coefficient (Wildman–Crippen LogP) is 14.8. The molecule has 0 aromatic rings. The van der Waals surface area contributed by atoms with Gasteiger partial charge in [-0.25, -0.2) is 8.51 Å².